The fraction of sp³-hybridized carbons (Fsp3) is 0.533. The van der Waals surface area contributed by atoms with Crippen LogP contribution in [0.4, 0.5) is 9.18 Å². The van der Waals surface area contributed by atoms with Crippen LogP contribution in [0, 0.1) is 5.82 Å². The molecule has 1 amide bonds. The molecule has 1 heterocycles. The van der Waals surface area contributed by atoms with Gasteiger partial charge in [-0.25, -0.2) is 9.18 Å². The zero-order valence-corrected chi connectivity index (χ0v) is 13.2. The summed E-state index contributed by atoms with van der Waals surface area (Å²) in [6.45, 7) is 7.16. The number of carbonyl (C=O) groups excluding carboxylic acids is 1. The van der Waals surface area contributed by atoms with Crippen LogP contribution in [-0.2, 0) is 4.74 Å². The normalized spacial score (nSPS) is 19.5. The second kappa shape index (κ2) is 6.20. The van der Waals surface area contributed by atoms with Crippen LogP contribution in [0.15, 0.2) is 18.2 Å². The smallest absolute Gasteiger partial charge is 0.410 e. The number of amides is 1. The first-order chi connectivity index (χ1) is 9.76. The highest BCUT2D eigenvalue weighted by atomic mass is 35.5. The highest BCUT2D eigenvalue weighted by molar-refractivity contribution is 6.31. The van der Waals surface area contributed by atoms with Gasteiger partial charge in [0.2, 0.25) is 0 Å². The van der Waals surface area contributed by atoms with Gasteiger partial charge in [0.05, 0.1) is 6.04 Å². The molecule has 1 aromatic carbocycles. The lowest BCUT2D eigenvalue weighted by molar-refractivity contribution is 0.0195. The zero-order chi connectivity index (χ0) is 15.6. The van der Waals surface area contributed by atoms with E-state index in [0.717, 1.165) is 5.56 Å². The maximum atomic E-state index is 13.1. The van der Waals surface area contributed by atoms with Crippen molar-refractivity contribution in [1.82, 2.24) is 10.2 Å². The molecule has 2 rings (SSSR count). The van der Waals surface area contributed by atoms with Crippen LogP contribution < -0.4 is 5.32 Å². The summed E-state index contributed by atoms with van der Waals surface area (Å²) in [5.74, 6) is -0.372. The molecule has 1 saturated heterocycles. The number of hydrogen-bond donors (Lipinski definition) is 1. The number of ether oxygens (including phenoxy) is 1. The van der Waals surface area contributed by atoms with E-state index in [0.29, 0.717) is 24.7 Å². The van der Waals surface area contributed by atoms with Gasteiger partial charge in [-0.05, 0) is 38.5 Å². The van der Waals surface area contributed by atoms with Gasteiger partial charge in [0.25, 0.3) is 0 Å². The van der Waals surface area contributed by atoms with E-state index in [1.54, 1.807) is 11.0 Å². The molecule has 116 valence electrons. The van der Waals surface area contributed by atoms with Crippen molar-refractivity contribution in [2.75, 3.05) is 19.6 Å². The number of carbonyl (C=O) groups is 1. The lowest BCUT2D eigenvalue weighted by Crippen LogP contribution is -2.49. The van der Waals surface area contributed by atoms with Gasteiger partial charge in [-0.1, -0.05) is 17.7 Å². The summed E-state index contributed by atoms with van der Waals surface area (Å²) in [7, 11) is 0. The van der Waals surface area contributed by atoms with Crippen molar-refractivity contribution in [1.29, 1.82) is 0 Å². The van der Waals surface area contributed by atoms with Crippen LogP contribution in [0.3, 0.4) is 0 Å². The van der Waals surface area contributed by atoms with Crippen molar-refractivity contribution in [3.63, 3.8) is 0 Å². The number of nitrogens with zero attached hydrogens (tertiary/aromatic N) is 1. The third kappa shape index (κ3) is 4.32. The third-order valence-corrected chi connectivity index (χ3v) is 3.49. The first-order valence-corrected chi connectivity index (χ1v) is 7.30. The van der Waals surface area contributed by atoms with Gasteiger partial charge in [-0.3, -0.25) is 0 Å². The fourth-order valence-corrected chi connectivity index (χ4v) is 2.53. The quantitative estimate of drug-likeness (QED) is 0.864. The Bertz CT molecular complexity index is 531. The van der Waals surface area contributed by atoms with Gasteiger partial charge in [0.15, 0.2) is 0 Å². The van der Waals surface area contributed by atoms with Crippen molar-refractivity contribution in [2.24, 2.45) is 0 Å². The van der Waals surface area contributed by atoms with E-state index in [9.17, 15) is 9.18 Å². The minimum absolute atomic E-state index is 0.126. The first kappa shape index (κ1) is 16.0. The van der Waals surface area contributed by atoms with E-state index in [1.807, 2.05) is 20.8 Å². The Morgan fingerprint density at radius 3 is 2.81 bits per heavy atom. The standard InChI is InChI=1S/C15H20ClFN2O2/c1-15(2,3)21-14(20)19-7-6-18-13(9-19)11-5-4-10(17)8-12(11)16/h4-5,8,13,18H,6-7,9H2,1-3H3. The topological polar surface area (TPSA) is 41.6 Å². The summed E-state index contributed by atoms with van der Waals surface area (Å²) in [6, 6.07) is 4.17. The molecule has 1 aliphatic heterocycles. The van der Waals surface area contributed by atoms with Crippen LogP contribution >= 0.6 is 11.6 Å². The Morgan fingerprint density at radius 1 is 1.48 bits per heavy atom. The van der Waals surface area contributed by atoms with E-state index < -0.39 is 5.60 Å². The Morgan fingerprint density at radius 2 is 2.19 bits per heavy atom. The SMILES string of the molecule is CC(C)(C)OC(=O)N1CCNC(c2ccc(F)cc2Cl)C1. The largest absolute Gasteiger partial charge is 0.444 e. The number of piperazine rings is 1. The maximum Gasteiger partial charge on any atom is 0.410 e. The van der Waals surface area contributed by atoms with Crippen molar-refractivity contribution in [3.05, 3.63) is 34.6 Å². The minimum atomic E-state index is -0.523. The van der Waals surface area contributed by atoms with E-state index in [2.05, 4.69) is 5.32 Å². The Kier molecular flexibility index (Phi) is 4.74. The number of rotatable bonds is 1. The summed E-state index contributed by atoms with van der Waals surface area (Å²) in [5.41, 5.74) is 0.261. The van der Waals surface area contributed by atoms with Crippen LogP contribution in [0.25, 0.3) is 0 Å². The number of benzene rings is 1. The second-order valence-corrected chi connectivity index (χ2v) is 6.51. The van der Waals surface area contributed by atoms with Crippen LogP contribution in [0.5, 0.6) is 0 Å². The molecule has 0 radical (unpaired) electrons. The molecule has 1 atom stereocenters. The molecule has 1 unspecified atom stereocenters. The van der Waals surface area contributed by atoms with E-state index in [4.69, 9.17) is 16.3 Å². The molecule has 0 bridgehead atoms. The lowest BCUT2D eigenvalue weighted by atomic mass is 10.0. The van der Waals surface area contributed by atoms with Gasteiger partial charge >= 0.3 is 6.09 Å². The molecule has 0 aromatic heterocycles. The summed E-state index contributed by atoms with van der Waals surface area (Å²) in [6.07, 6.45) is -0.341. The average molecular weight is 315 g/mol. The summed E-state index contributed by atoms with van der Waals surface area (Å²) < 4.78 is 18.5. The molecule has 0 saturated carbocycles. The predicted molar refractivity (Wildman–Crippen MR) is 80.0 cm³/mol. The van der Waals surface area contributed by atoms with Crippen LogP contribution in [0.1, 0.15) is 32.4 Å². The van der Waals surface area contributed by atoms with Gasteiger partial charge in [0, 0.05) is 24.7 Å². The highest BCUT2D eigenvalue weighted by Gasteiger charge is 2.28. The zero-order valence-electron chi connectivity index (χ0n) is 12.5. The number of halogens is 2. The molecule has 1 aliphatic rings. The van der Waals surface area contributed by atoms with Crippen LogP contribution in [-0.4, -0.2) is 36.2 Å². The first-order valence-electron chi connectivity index (χ1n) is 6.92. The van der Waals surface area contributed by atoms with Gasteiger partial charge in [-0.15, -0.1) is 0 Å². The molecular weight excluding hydrogens is 295 g/mol. The summed E-state index contributed by atoms with van der Waals surface area (Å²) in [4.78, 5) is 13.8. The molecule has 1 N–H and O–H groups in total. The second-order valence-electron chi connectivity index (χ2n) is 6.10. The van der Waals surface area contributed by atoms with Crippen molar-refractivity contribution < 1.29 is 13.9 Å². The van der Waals surface area contributed by atoms with E-state index in [1.165, 1.54) is 12.1 Å². The van der Waals surface area contributed by atoms with Crippen molar-refractivity contribution in [3.8, 4) is 0 Å². The average Bonchev–Trinajstić information content (AvgIpc) is 2.37. The Balaban J connectivity index is 2.08. The Labute approximate surface area is 129 Å². The summed E-state index contributed by atoms with van der Waals surface area (Å²) in [5, 5.41) is 3.65. The molecule has 1 aromatic rings. The third-order valence-electron chi connectivity index (χ3n) is 3.17. The summed E-state index contributed by atoms with van der Waals surface area (Å²) >= 11 is 6.08. The van der Waals surface area contributed by atoms with Gasteiger partial charge in [0.1, 0.15) is 11.4 Å². The number of hydrogen-bond acceptors (Lipinski definition) is 3. The van der Waals surface area contributed by atoms with Crippen molar-refractivity contribution in [2.45, 2.75) is 32.4 Å². The molecule has 0 aliphatic carbocycles. The number of nitrogens with one attached hydrogen (secondary N) is 1. The van der Waals surface area contributed by atoms with Crippen molar-refractivity contribution >= 4 is 17.7 Å². The van der Waals surface area contributed by atoms with Gasteiger partial charge in [-0.2, -0.15) is 0 Å². The van der Waals surface area contributed by atoms with Gasteiger partial charge < -0.3 is 15.0 Å². The molecule has 4 nitrogen and oxygen atoms in total. The van der Waals surface area contributed by atoms with E-state index in [-0.39, 0.29) is 18.0 Å². The monoisotopic (exact) mass is 314 g/mol. The lowest BCUT2D eigenvalue weighted by Gasteiger charge is -2.35. The fourth-order valence-electron chi connectivity index (χ4n) is 2.23. The van der Waals surface area contributed by atoms with E-state index >= 15 is 0 Å². The molecule has 1 fully saturated rings. The maximum absolute atomic E-state index is 13.1. The molecule has 21 heavy (non-hydrogen) atoms. The molecular formula is C15H20ClFN2O2. The molecule has 0 spiro atoms. The minimum Gasteiger partial charge on any atom is -0.444 e. The Hall–Kier alpha value is -1.33. The predicted octanol–water partition coefficient (Wildman–Crippen LogP) is 3.36. The van der Waals surface area contributed by atoms with Crippen LogP contribution in [0.2, 0.25) is 5.02 Å². The highest BCUT2D eigenvalue weighted by Crippen LogP contribution is 2.26. The molecule has 6 heteroatoms.